The SMILES string of the molecule is COCCCCn1nccc1C. The number of ether oxygens (including phenoxy) is 1. The summed E-state index contributed by atoms with van der Waals surface area (Å²) in [4.78, 5) is 0. The molecule has 0 N–H and O–H groups in total. The van der Waals surface area contributed by atoms with E-state index in [9.17, 15) is 0 Å². The fraction of sp³-hybridized carbons (Fsp3) is 0.667. The van der Waals surface area contributed by atoms with Gasteiger partial charge in [-0.1, -0.05) is 0 Å². The molecule has 3 nitrogen and oxygen atoms in total. The second kappa shape index (κ2) is 4.93. The zero-order valence-electron chi connectivity index (χ0n) is 7.79. The standard InChI is InChI=1S/C9H16N2O/c1-9-5-6-10-11(9)7-3-4-8-12-2/h5-6H,3-4,7-8H2,1-2H3. The number of hydrogen-bond donors (Lipinski definition) is 0. The molecule has 0 atom stereocenters. The monoisotopic (exact) mass is 168 g/mol. The van der Waals surface area contributed by atoms with Gasteiger partial charge in [-0.2, -0.15) is 5.10 Å². The number of aromatic nitrogens is 2. The maximum Gasteiger partial charge on any atom is 0.0492 e. The molecule has 0 aliphatic rings. The van der Waals surface area contributed by atoms with Crippen LogP contribution in [0.4, 0.5) is 0 Å². The maximum absolute atomic E-state index is 4.96. The van der Waals surface area contributed by atoms with Crippen LogP contribution in [-0.4, -0.2) is 23.5 Å². The van der Waals surface area contributed by atoms with E-state index in [1.54, 1.807) is 7.11 Å². The van der Waals surface area contributed by atoms with Gasteiger partial charge in [0.1, 0.15) is 0 Å². The summed E-state index contributed by atoms with van der Waals surface area (Å²) >= 11 is 0. The zero-order valence-corrected chi connectivity index (χ0v) is 7.79. The topological polar surface area (TPSA) is 27.1 Å². The smallest absolute Gasteiger partial charge is 0.0492 e. The van der Waals surface area contributed by atoms with E-state index >= 15 is 0 Å². The van der Waals surface area contributed by atoms with Gasteiger partial charge in [0.25, 0.3) is 0 Å². The molecular formula is C9H16N2O. The van der Waals surface area contributed by atoms with Gasteiger partial charge < -0.3 is 4.74 Å². The Morgan fingerprint density at radius 3 is 2.92 bits per heavy atom. The highest BCUT2D eigenvalue weighted by molar-refractivity contribution is 4.96. The molecule has 0 amide bonds. The van der Waals surface area contributed by atoms with Crippen LogP contribution in [0.25, 0.3) is 0 Å². The molecule has 12 heavy (non-hydrogen) atoms. The molecule has 1 aromatic rings. The Morgan fingerprint density at radius 2 is 2.33 bits per heavy atom. The minimum atomic E-state index is 0.848. The maximum atomic E-state index is 4.96. The van der Waals surface area contributed by atoms with E-state index in [0.29, 0.717) is 0 Å². The molecule has 1 rings (SSSR count). The lowest BCUT2D eigenvalue weighted by atomic mass is 10.3. The number of rotatable bonds is 5. The van der Waals surface area contributed by atoms with Gasteiger partial charge in [-0.25, -0.2) is 0 Å². The summed E-state index contributed by atoms with van der Waals surface area (Å²) in [5.74, 6) is 0. The molecule has 1 aromatic heterocycles. The first-order valence-corrected chi connectivity index (χ1v) is 4.32. The van der Waals surface area contributed by atoms with Crippen LogP contribution in [0.2, 0.25) is 0 Å². The van der Waals surface area contributed by atoms with E-state index in [0.717, 1.165) is 26.0 Å². The molecule has 0 spiro atoms. The summed E-state index contributed by atoms with van der Waals surface area (Å²) < 4.78 is 6.99. The summed E-state index contributed by atoms with van der Waals surface area (Å²) in [6.07, 6.45) is 4.08. The van der Waals surface area contributed by atoms with Crippen LogP contribution in [0.1, 0.15) is 18.5 Å². The highest BCUT2D eigenvalue weighted by Gasteiger charge is 1.95. The molecule has 1 heterocycles. The molecule has 0 saturated heterocycles. The van der Waals surface area contributed by atoms with Gasteiger partial charge in [-0.3, -0.25) is 4.68 Å². The Kier molecular flexibility index (Phi) is 3.80. The van der Waals surface area contributed by atoms with Crippen LogP contribution in [0.5, 0.6) is 0 Å². The molecule has 3 heteroatoms. The fourth-order valence-corrected chi connectivity index (χ4v) is 1.14. The van der Waals surface area contributed by atoms with Crippen molar-refractivity contribution in [2.75, 3.05) is 13.7 Å². The normalized spacial score (nSPS) is 10.5. The Morgan fingerprint density at radius 1 is 1.50 bits per heavy atom. The van der Waals surface area contributed by atoms with Crippen molar-refractivity contribution in [1.82, 2.24) is 9.78 Å². The van der Waals surface area contributed by atoms with Crippen molar-refractivity contribution in [3.63, 3.8) is 0 Å². The summed E-state index contributed by atoms with van der Waals surface area (Å²) in [5.41, 5.74) is 1.23. The molecule has 0 aliphatic heterocycles. The van der Waals surface area contributed by atoms with E-state index in [2.05, 4.69) is 12.0 Å². The van der Waals surface area contributed by atoms with Gasteiger partial charge in [0.15, 0.2) is 0 Å². The second-order valence-electron chi connectivity index (χ2n) is 2.90. The van der Waals surface area contributed by atoms with Crippen molar-refractivity contribution in [2.24, 2.45) is 0 Å². The van der Waals surface area contributed by atoms with Crippen LogP contribution in [0.15, 0.2) is 12.3 Å². The van der Waals surface area contributed by atoms with Crippen LogP contribution in [0, 0.1) is 6.92 Å². The number of aryl methyl sites for hydroxylation is 2. The van der Waals surface area contributed by atoms with Crippen LogP contribution in [-0.2, 0) is 11.3 Å². The van der Waals surface area contributed by atoms with Crippen molar-refractivity contribution in [2.45, 2.75) is 26.3 Å². The predicted molar refractivity (Wildman–Crippen MR) is 48.1 cm³/mol. The second-order valence-corrected chi connectivity index (χ2v) is 2.90. The first-order chi connectivity index (χ1) is 5.84. The van der Waals surface area contributed by atoms with E-state index < -0.39 is 0 Å². The molecule has 0 saturated carbocycles. The van der Waals surface area contributed by atoms with Gasteiger partial charge in [-0.15, -0.1) is 0 Å². The lowest BCUT2D eigenvalue weighted by Crippen LogP contribution is -2.03. The summed E-state index contributed by atoms with van der Waals surface area (Å²) in [5, 5.41) is 4.19. The fourth-order valence-electron chi connectivity index (χ4n) is 1.14. The van der Waals surface area contributed by atoms with Gasteiger partial charge >= 0.3 is 0 Å². The molecule has 0 aliphatic carbocycles. The molecular weight excluding hydrogens is 152 g/mol. The van der Waals surface area contributed by atoms with Crippen molar-refractivity contribution in [3.8, 4) is 0 Å². The highest BCUT2D eigenvalue weighted by Crippen LogP contribution is 1.99. The van der Waals surface area contributed by atoms with Crippen LogP contribution < -0.4 is 0 Å². The third-order valence-electron chi connectivity index (χ3n) is 1.90. The molecule has 0 bridgehead atoms. The third-order valence-corrected chi connectivity index (χ3v) is 1.90. The van der Waals surface area contributed by atoms with Crippen LogP contribution >= 0.6 is 0 Å². The van der Waals surface area contributed by atoms with Crippen molar-refractivity contribution in [1.29, 1.82) is 0 Å². The first kappa shape index (κ1) is 9.26. The van der Waals surface area contributed by atoms with Crippen molar-refractivity contribution in [3.05, 3.63) is 18.0 Å². The lowest BCUT2D eigenvalue weighted by Gasteiger charge is -2.03. The number of unbranched alkanes of at least 4 members (excludes halogenated alkanes) is 1. The average molecular weight is 168 g/mol. The minimum Gasteiger partial charge on any atom is -0.385 e. The van der Waals surface area contributed by atoms with Crippen molar-refractivity contribution < 1.29 is 4.74 Å². The van der Waals surface area contributed by atoms with E-state index in [1.165, 1.54) is 5.69 Å². The quantitative estimate of drug-likeness (QED) is 0.625. The number of nitrogens with zero attached hydrogens (tertiary/aromatic N) is 2. The summed E-state index contributed by atoms with van der Waals surface area (Å²) in [6, 6.07) is 2.02. The predicted octanol–water partition coefficient (Wildman–Crippen LogP) is 1.62. The van der Waals surface area contributed by atoms with E-state index in [4.69, 9.17) is 4.74 Å². The Bertz CT molecular complexity index is 220. The molecule has 0 radical (unpaired) electrons. The number of hydrogen-bond acceptors (Lipinski definition) is 2. The van der Waals surface area contributed by atoms with Crippen LogP contribution in [0.3, 0.4) is 0 Å². The molecule has 68 valence electrons. The molecule has 0 unspecified atom stereocenters. The first-order valence-electron chi connectivity index (χ1n) is 4.32. The summed E-state index contributed by atoms with van der Waals surface area (Å²) in [7, 11) is 1.74. The minimum absolute atomic E-state index is 0.848. The molecule has 0 fully saturated rings. The summed E-state index contributed by atoms with van der Waals surface area (Å²) in [6.45, 7) is 3.92. The number of methoxy groups -OCH3 is 1. The average Bonchev–Trinajstić information content (AvgIpc) is 2.46. The lowest BCUT2D eigenvalue weighted by molar-refractivity contribution is 0.191. The van der Waals surface area contributed by atoms with Gasteiger partial charge in [-0.05, 0) is 25.8 Å². The van der Waals surface area contributed by atoms with Crippen molar-refractivity contribution >= 4 is 0 Å². The Balaban J connectivity index is 2.20. The van der Waals surface area contributed by atoms with E-state index in [-0.39, 0.29) is 0 Å². The third kappa shape index (κ3) is 2.66. The van der Waals surface area contributed by atoms with E-state index in [1.807, 2.05) is 16.9 Å². The zero-order chi connectivity index (χ0) is 8.81. The Hall–Kier alpha value is -0.830. The van der Waals surface area contributed by atoms with Gasteiger partial charge in [0.05, 0.1) is 0 Å². The Labute approximate surface area is 73.3 Å². The largest absolute Gasteiger partial charge is 0.385 e. The van der Waals surface area contributed by atoms with Gasteiger partial charge in [0, 0.05) is 32.2 Å². The van der Waals surface area contributed by atoms with Gasteiger partial charge in [0.2, 0.25) is 0 Å². The highest BCUT2D eigenvalue weighted by atomic mass is 16.5. The molecule has 0 aromatic carbocycles.